The van der Waals surface area contributed by atoms with Crippen molar-refractivity contribution in [3.63, 3.8) is 0 Å². The average molecular weight is 307 g/mol. The van der Waals surface area contributed by atoms with Crippen molar-refractivity contribution in [2.45, 2.75) is 51.5 Å². The van der Waals surface area contributed by atoms with Gasteiger partial charge in [0.25, 0.3) is 0 Å². The predicted octanol–water partition coefficient (Wildman–Crippen LogP) is 3.92. The number of ether oxygens (including phenoxy) is 2. The van der Waals surface area contributed by atoms with Gasteiger partial charge in [-0.3, -0.25) is 0 Å². The summed E-state index contributed by atoms with van der Waals surface area (Å²) in [6.45, 7) is -3.65. The van der Waals surface area contributed by atoms with Crippen molar-refractivity contribution >= 4 is 0 Å². The number of rotatable bonds is 7. The van der Waals surface area contributed by atoms with E-state index >= 15 is 0 Å². The van der Waals surface area contributed by atoms with Crippen molar-refractivity contribution in [2.24, 2.45) is 0 Å². The van der Waals surface area contributed by atoms with Gasteiger partial charge in [-0.05, 0) is 32.3 Å². The molecule has 118 valence electrons. The molecule has 0 heterocycles. The van der Waals surface area contributed by atoms with Crippen LogP contribution >= 0.6 is 0 Å². The molecule has 1 aliphatic carbocycles. The van der Waals surface area contributed by atoms with Crippen LogP contribution in [-0.4, -0.2) is 18.8 Å². The molecule has 0 atom stereocenters. The van der Waals surface area contributed by atoms with Crippen LogP contribution in [0.2, 0.25) is 0 Å². The highest BCUT2D eigenvalue weighted by Crippen LogP contribution is 2.33. The fraction of sp³-hybridized carbons (Fsp3) is 0.571. The normalized spacial score (nSPS) is 16.9. The Balaban J connectivity index is 2.10. The zero-order valence-corrected chi connectivity index (χ0v) is 11.5. The Morgan fingerprint density at radius 2 is 1.81 bits per heavy atom. The maximum absolute atomic E-state index is 12.4. The molecule has 1 aromatic carbocycles. The van der Waals surface area contributed by atoms with E-state index in [0.29, 0.717) is 12.1 Å². The van der Waals surface area contributed by atoms with E-state index in [1.54, 1.807) is 0 Å². The molecule has 2 rings (SSSR count). The lowest BCUT2D eigenvalue weighted by Gasteiger charge is -2.39. The molecular formula is C14H17F4NO2. The Kier molecular flexibility index (Phi) is 4.92. The summed E-state index contributed by atoms with van der Waals surface area (Å²) in [5.41, 5.74) is 0.477. The van der Waals surface area contributed by atoms with Crippen molar-refractivity contribution in [1.82, 2.24) is 5.32 Å². The second-order valence-electron chi connectivity index (χ2n) is 5.29. The van der Waals surface area contributed by atoms with Gasteiger partial charge in [0.2, 0.25) is 0 Å². The van der Waals surface area contributed by atoms with Gasteiger partial charge >= 0.3 is 13.2 Å². The van der Waals surface area contributed by atoms with Gasteiger partial charge in [-0.25, -0.2) is 0 Å². The summed E-state index contributed by atoms with van der Waals surface area (Å²) in [6, 6.07) is 3.81. The molecule has 7 heteroatoms. The van der Waals surface area contributed by atoms with Gasteiger partial charge in [0.15, 0.2) is 0 Å². The smallest absolute Gasteiger partial charge is 0.387 e. The minimum atomic E-state index is -3.02. The quantitative estimate of drug-likeness (QED) is 0.774. The average Bonchev–Trinajstić information content (AvgIpc) is 2.34. The van der Waals surface area contributed by atoms with Crippen molar-refractivity contribution in [3.05, 3.63) is 23.8 Å². The van der Waals surface area contributed by atoms with E-state index < -0.39 is 13.2 Å². The molecule has 0 unspecified atom stereocenters. The van der Waals surface area contributed by atoms with Crippen LogP contribution in [0, 0.1) is 0 Å². The molecule has 0 spiro atoms. The lowest BCUT2D eigenvalue weighted by Crippen LogP contribution is -2.47. The molecule has 0 radical (unpaired) electrons. The largest absolute Gasteiger partial charge is 0.435 e. The number of halogens is 4. The Morgan fingerprint density at radius 1 is 1.14 bits per heavy atom. The first kappa shape index (κ1) is 15.9. The van der Waals surface area contributed by atoms with Crippen LogP contribution in [0.5, 0.6) is 11.5 Å². The highest BCUT2D eigenvalue weighted by Gasteiger charge is 2.31. The highest BCUT2D eigenvalue weighted by atomic mass is 19.3. The first-order valence-corrected chi connectivity index (χ1v) is 6.65. The van der Waals surface area contributed by atoms with E-state index in [4.69, 9.17) is 0 Å². The van der Waals surface area contributed by atoms with Crippen LogP contribution in [0.1, 0.15) is 31.7 Å². The summed E-state index contributed by atoms with van der Waals surface area (Å²) in [6.07, 6.45) is 3.17. The van der Waals surface area contributed by atoms with E-state index in [1.165, 1.54) is 12.1 Å². The third-order valence-electron chi connectivity index (χ3n) is 3.64. The van der Waals surface area contributed by atoms with Crippen LogP contribution < -0.4 is 14.8 Å². The van der Waals surface area contributed by atoms with Gasteiger partial charge in [0, 0.05) is 23.7 Å². The van der Waals surface area contributed by atoms with Crippen LogP contribution in [0.4, 0.5) is 17.6 Å². The van der Waals surface area contributed by atoms with Crippen molar-refractivity contribution in [2.75, 3.05) is 0 Å². The van der Waals surface area contributed by atoms with Gasteiger partial charge in [-0.1, -0.05) is 6.07 Å². The molecule has 1 aromatic rings. The summed E-state index contributed by atoms with van der Waals surface area (Å²) < 4.78 is 57.7. The van der Waals surface area contributed by atoms with Gasteiger partial charge in [0.1, 0.15) is 11.5 Å². The summed E-state index contributed by atoms with van der Waals surface area (Å²) in [7, 11) is 0. The van der Waals surface area contributed by atoms with Crippen LogP contribution in [-0.2, 0) is 6.54 Å². The second-order valence-corrected chi connectivity index (χ2v) is 5.29. The van der Waals surface area contributed by atoms with Gasteiger partial charge < -0.3 is 14.8 Å². The minimum Gasteiger partial charge on any atom is -0.435 e. The highest BCUT2D eigenvalue weighted by molar-refractivity contribution is 5.41. The summed E-state index contributed by atoms with van der Waals surface area (Å²) in [4.78, 5) is 0. The summed E-state index contributed by atoms with van der Waals surface area (Å²) >= 11 is 0. The molecule has 0 amide bonds. The molecule has 0 aliphatic heterocycles. The fourth-order valence-corrected chi connectivity index (χ4v) is 2.26. The maximum atomic E-state index is 12.4. The maximum Gasteiger partial charge on any atom is 0.387 e. The van der Waals surface area contributed by atoms with Gasteiger partial charge in [0.05, 0.1) is 0 Å². The SMILES string of the molecule is CC1(NCc2ccc(OC(F)F)cc2OC(F)F)CCC1. The van der Waals surface area contributed by atoms with Gasteiger partial charge in [-0.2, -0.15) is 17.6 Å². The topological polar surface area (TPSA) is 30.5 Å². The van der Waals surface area contributed by atoms with E-state index in [9.17, 15) is 17.6 Å². The number of nitrogens with one attached hydrogen (secondary N) is 1. The summed E-state index contributed by atoms with van der Waals surface area (Å²) in [5, 5.41) is 3.27. The van der Waals surface area contributed by atoms with Crippen LogP contribution in [0.25, 0.3) is 0 Å². The lowest BCUT2D eigenvalue weighted by molar-refractivity contribution is -0.0547. The minimum absolute atomic E-state index is 0.000243. The molecule has 21 heavy (non-hydrogen) atoms. The third-order valence-corrected chi connectivity index (χ3v) is 3.64. The Hall–Kier alpha value is -1.50. The molecule has 3 nitrogen and oxygen atoms in total. The van der Waals surface area contributed by atoms with E-state index in [0.717, 1.165) is 25.3 Å². The molecular weight excluding hydrogens is 290 g/mol. The Labute approximate surface area is 120 Å². The molecule has 0 bridgehead atoms. The van der Waals surface area contributed by atoms with Crippen molar-refractivity contribution in [1.29, 1.82) is 0 Å². The molecule has 1 aliphatic rings. The third kappa shape index (κ3) is 4.49. The first-order valence-electron chi connectivity index (χ1n) is 6.65. The van der Waals surface area contributed by atoms with E-state index in [2.05, 4.69) is 21.7 Å². The number of alkyl halides is 4. The zero-order valence-electron chi connectivity index (χ0n) is 11.5. The second kappa shape index (κ2) is 6.51. The lowest BCUT2D eigenvalue weighted by atomic mass is 9.78. The van der Waals surface area contributed by atoms with Crippen LogP contribution in [0.3, 0.4) is 0 Å². The zero-order chi connectivity index (χ0) is 15.5. The molecule has 0 saturated heterocycles. The number of hydrogen-bond acceptors (Lipinski definition) is 3. The molecule has 0 aromatic heterocycles. The molecule has 1 fully saturated rings. The predicted molar refractivity (Wildman–Crippen MR) is 68.8 cm³/mol. The monoisotopic (exact) mass is 307 g/mol. The standard InChI is InChI=1S/C14H17F4NO2/c1-14(5-2-6-14)19-8-9-3-4-10(20-12(15)16)7-11(9)21-13(17)18/h3-4,7,12-13,19H,2,5-6,8H2,1H3. The Morgan fingerprint density at radius 3 is 2.33 bits per heavy atom. The number of hydrogen-bond donors (Lipinski definition) is 1. The van der Waals surface area contributed by atoms with E-state index in [1.807, 2.05) is 0 Å². The Bertz CT molecular complexity index is 478. The number of benzene rings is 1. The van der Waals surface area contributed by atoms with Crippen molar-refractivity contribution in [3.8, 4) is 11.5 Å². The summed E-state index contributed by atoms with van der Waals surface area (Å²) in [5.74, 6) is -0.363. The fourth-order valence-electron chi connectivity index (χ4n) is 2.26. The van der Waals surface area contributed by atoms with Crippen molar-refractivity contribution < 1.29 is 27.0 Å². The molecule has 1 N–H and O–H groups in total. The molecule has 1 saturated carbocycles. The first-order chi connectivity index (χ1) is 9.88. The van der Waals surface area contributed by atoms with Gasteiger partial charge in [-0.15, -0.1) is 0 Å². The van der Waals surface area contributed by atoms with E-state index in [-0.39, 0.29) is 17.0 Å². The van der Waals surface area contributed by atoms with Crippen LogP contribution in [0.15, 0.2) is 18.2 Å².